The van der Waals surface area contributed by atoms with Crippen LogP contribution >= 0.6 is 35.4 Å². The van der Waals surface area contributed by atoms with E-state index in [4.69, 9.17) is 44.9 Å². The van der Waals surface area contributed by atoms with E-state index in [9.17, 15) is 0 Å². The number of fused-ring (bicyclic) bond motifs is 1. The van der Waals surface area contributed by atoms with E-state index in [0.29, 0.717) is 34.9 Å². The Labute approximate surface area is 156 Å². The van der Waals surface area contributed by atoms with Crippen LogP contribution in [0.1, 0.15) is 5.56 Å². The molecule has 0 spiro atoms. The Morgan fingerprint density at radius 1 is 1.08 bits per heavy atom. The third kappa shape index (κ3) is 4.23. The lowest BCUT2D eigenvalue weighted by Gasteiger charge is -2.23. The Bertz CT molecular complexity index is 750. The predicted molar refractivity (Wildman–Crippen MR) is 102 cm³/mol. The molecule has 0 radical (unpaired) electrons. The van der Waals surface area contributed by atoms with Crippen molar-refractivity contribution in [2.45, 2.75) is 6.54 Å². The molecule has 1 aliphatic rings. The number of nitrogens with one attached hydrogen (secondary N) is 1. The lowest BCUT2D eigenvalue weighted by Crippen LogP contribution is -2.30. The second kappa shape index (κ2) is 7.47. The number of hydrogen-bond donors (Lipinski definition) is 1. The van der Waals surface area contributed by atoms with Crippen molar-refractivity contribution in [1.29, 1.82) is 0 Å². The first-order chi connectivity index (χ1) is 11.5. The number of rotatable bonds is 3. The normalized spacial score (nSPS) is 12.6. The highest BCUT2D eigenvalue weighted by atomic mass is 35.5. The fraction of sp³-hybridized carbons (Fsp3) is 0.235. The van der Waals surface area contributed by atoms with Crippen molar-refractivity contribution in [3.8, 4) is 11.5 Å². The van der Waals surface area contributed by atoms with Gasteiger partial charge in [-0.1, -0.05) is 29.3 Å². The average molecular weight is 383 g/mol. The van der Waals surface area contributed by atoms with Crippen LogP contribution in [0.25, 0.3) is 0 Å². The van der Waals surface area contributed by atoms with Crippen molar-refractivity contribution in [3.63, 3.8) is 0 Å². The highest BCUT2D eigenvalue weighted by Crippen LogP contribution is 2.31. The van der Waals surface area contributed by atoms with Crippen molar-refractivity contribution >= 4 is 46.2 Å². The molecule has 0 atom stereocenters. The van der Waals surface area contributed by atoms with Gasteiger partial charge < -0.3 is 19.7 Å². The summed E-state index contributed by atoms with van der Waals surface area (Å²) in [6.45, 7) is 1.79. The minimum atomic E-state index is 0.558. The van der Waals surface area contributed by atoms with Gasteiger partial charge in [-0.2, -0.15) is 0 Å². The average Bonchev–Trinajstić information content (AvgIpc) is 2.53. The fourth-order valence-electron chi connectivity index (χ4n) is 2.38. The van der Waals surface area contributed by atoms with Gasteiger partial charge in [0.25, 0.3) is 0 Å². The lowest BCUT2D eigenvalue weighted by molar-refractivity contribution is 0.171. The maximum atomic E-state index is 6.00. The van der Waals surface area contributed by atoms with Crippen LogP contribution in [-0.4, -0.2) is 30.3 Å². The quantitative estimate of drug-likeness (QED) is 0.784. The highest BCUT2D eigenvalue weighted by Gasteiger charge is 2.13. The van der Waals surface area contributed by atoms with Gasteiger partial charge in [0.15, 0.2) is 16.6 Å². The predicted octanol–water partition coefficient (Wildman–Crippen LogP) is 4.59. The SMILES string of the molecule is CN(Cc1ccc2c(c1)OCCO2)C(=S)Nc1cc(Cl)cc(Cl)c1. The molecule has 24 heavy (non-hydrogen) atoms. The zero-order valence-electron chi connectivity index (χ0n) is 13.0. The summed E-state index contributed by atoms with van der Waals surface area (Å²) >= 11 is 17.4. The van der Waals surface area contributed by atoms with Crippen LogP contribution in [0.3, 0.4) is 0 Å². The van der Waals surface area contributed by atoms with Crippen LogP contribution in [0.5, 0.6) is 11.5 Å². The number of nitrogens with zero attached hydrogens (tertiary/aromatic N) is 1. The molecule has 0 aromatic heterocycles. The molecule has 3 rings (SSSR count). The van der Waals surface area contributed by atoms with Crippen LogP contribution in [0, 0.1) is 0 Å². The molecule has 0 saturated carbocycles. The van der Waals surface area contributed by atoms with Gasteiger partial charge in [0, 0.05) is 29.3 Å². The standard InChI is InChI=1S/C17H16Cl2N2O2S/c1-21(17(24)20-14-8-12(18)7-13(19)9-14)10-11-2-3-15-16(6-11)23-5-4-22-15/h2-3,6-9H,4-5,10H2,1H3,(H,20,24). The molecule has 0 saturated heterocycles. The second-order valence-electron chi connectivity index (χ2n) is 5.42. The van der Waals surface area contributed by atoms with E-state index in [1.807, 2.05) is 30.1 Å². The maximum absolute atomic E-state index is 6.00. The van der Waals surface area contributed by atoms with Crippen LogP contribution in [0.2, 0.25) is 10.0 Å². The summed E-state index contributed by atoms with van der Waals surface area (Å²) in [6, 6.07) is 11.1. The topological polar surface area (TPSA) is 33.7 Å². The number of halogens is 2. The summed E-state index contributed by atoms with van der Waals surface area (Å²) in [5, 5.41) is 4.83. The van der Waals surface area contributed by atoms with Gasteiger partial charge in [0.05, 0.1) is 0 Å². The Morgan fingerprint density at radius 3 is 2.46 bits per heavy atom. The summed E-state index contributed by atoms with van der Waals surface area (Å²) in [4.78, 5) is 1.93. The summed E-state index contributed by atoms with van der Waals surface area (Å²) in [5.74, 6) is 1.55. The van der Waals surface area contributed by atoms with E-state index < -0.39 is 0 Å². The molecule has 7 heteroatoms. The zero-order chi connectivity index (χ0) is 17.1. The summed E-state index contributed by atoms with van der Waals surface area (Å²) in [7, 11) is 1.91. The van der Waals surface area contributed by atoms with E-state index in [-0.39, 0.29) is 0 Å². The minimum Gasteiger partial charge on any atom is -0.486 e. The van der Waals surface area contributed by atoms with E-state index in [2.05, 4.69) is 5.32 Å². The third-order valence-electron chi connectivity index (χ3n) is 3.49. The van der Waals surface area contributed by atoms with Crippen molar-refractivity contribution < 1.29 is 9.47 Å². The first kappa shape index (κ1) is 17.1. The molecule has 0 aliphatic carbocycles. The third-order valence-corrected chi connectivity index (χ3v) is 4.34. The van der Waals surface area contributed by atoms with Gasteiger partial charge in [-0.25, -0.2) is 0 Å². The molecule has 0 amide bonds. The first-order valence-corrected chi connectivity index (χ1v) is 8.54. The molecule has 0 bridgehead atoms. The Hall–Kier alpha value is -1.69. The maximum Gasteiger partial charge on any atom is 0.173 e. The molecule has 2 aromatic carbocycles. The summed E-state index contributed by atoms with van der Waals surface area (Å²) < 4.78 is 11.1. The largest absolute Gasteiger partial charge is 0.486 e. The number of hydrogen-bond acceptors (Lipinski definition) is 3. The summed E-state index contributed by atoms with van der Waals surface area (Å²) in [6.07, 6.45) is 0. The molecule has 0 fully saturated rings. The molecule has 1 aliphatic heterocycles. The van der Waals surface area contributed by atoms with Crippen LogP contribution in [0.15, 0.2) is 36.4 Å². The number of thiocarbonyl (C=S) groups is 1. The molecule has 2 aromatic rings. The first-order valence-electron chi connectivity index (χ1n) is 7.38. The monoisotopic (exact) mass is 382 g/mol. The van der Waals surface area contributed by atoms with Crippen LogP contribution in [-0.2, 0) is 6.54 Å². The molecular weight excluding hydrogens is 367 g/mol. The summed E-state index contributed by atoms with van der Waals surface area (Å²) in [5.41, 5.74) is 1.83. The highest BCUT2D eigenvalue weighted by molar-refractivity contribution is 7.80. The van der Waals surface area contributed by atoms with Gasteiger partial charge in [0.1, 0.15) is 13.2 Å². The molecule has 0 unspecified atom stereocenters. The van der Waals surface area contributed by atoms with Gasteiger partial charge in [-0.05, 0) is 48.1 Å². The second-order valence-corrected chi connectivity index (χ2v) is 6.68. The van der Waals surface area contributed by atoms with Crippen molar-refractivity contribution in [3.05, 3.63) is 52.0 Å². The van der Waals surface area contributed by atoms with Crippen LogP contribution < -0.4 is 14.8 Å². The van der Waals surface area contributed by atoms with E-state index in [1.54, 1.807) is 18.2 Å². The molecule has 126 valence electrons. The smallest absolute Gasteiger partial charge is 0.173 e. The van der Waals surface area contributed by atoms with Crippen molar-refractivity contribution in [2.24, 2.45) is 0 Å². The zero-order valence-corrected chi connectivity index (χ0v) is 15.3. The van der Waals surface area contributed by atoms with Crippen molar-refractivity contribution in [1.82, 2.24) is 4.90 Å². The van der Waals surface area contributed by atoms with Crippen LogP contribution in [0.4, 0.5) is 5.69 Å². The number of anilines is 1. The molecule has 4 nitrogen and oxygen atoms in total. The Morgan fingerprint density at radius 2 is 1.75 bits per heavy atom. The van der Waals surface area contributed by atoms with Crippen molar-refractivity contribution in [2.75, 3.05) is 25.6 Å². The van der Waals surface area contributed by atoms with Gasteiger partial charge in [-0.15, -0.1) is 0 Å². The molecular formula is C17H16Cl2N2O2S. The fourth-order valence-corrected chi connectivity index (χ4v) is 3.09. The minimum absolute atomic E-state index is 0.558. The Kier molecular flexibility index (Phi) is 5.33. The molecule has 1 heterocycles. The van der Waals surface area contributed by atoms with Gasteiger partial charge in [-0.3, -0.25) is 0 Å². The van der Waals surface area contributed by atoms with E-state index >= 15 is 0 Å². The van der Waals surface area contributed by atoms with Gasteiger partial charge >= 0.3 is 0 Å². The number of benzene rings is 2. The van der Waals surface area contributed by atoms with E-state index in [1.165, 1.54) is 0 Å². The number of ether oxygens (including phenoxy) is 2. The van der Waals surface area contributed by atoms with Gasteiger partial charge in [0.2, 0.25) is 0 Å². The molecule has 1 N–H and O–H groups in total. The Balaban J connectivity index is 1.65. The van der Waals surface area contributed by atoms with E-state index in [0.717, 1.165) is 22.7 Å². The lowest BCUT2D eigenvalue weighted by atomic mass is 10.2.